The molecule has 0 fully saturated rings. The third-order valence-corrected chi connectivity index (χ3v) is 2.99. The minimum Gasteiger partial charge on any atom is -0.493 e. The fourth-order valence-corrected chi connectivity index (χ4v) is 2.01. The van der Waals surface area contributed by atoms with Crippen LogP contribution in [0.25, 0.3) is 0 Å². The first kappa shape index (κ1) is 12.6. The molecule has 0 radical (unpaired) electrons. The molecule has 0 N–H and O–H groups in total. The van der Waals surface area contributed by atoms with Crippen molar-refractivity contribution in [3.63, 3.8) is 0 Å². The Kier molecular flexibility index (Phi) is 3.97. The van der Waals surface area contributed by atoms with Gasteiger partial charge in [-0.2, -0.15) is 0 Å². The van der Waals surface area contributed by atoms with Crippen LogP contribution in [0.1, 0.15) is 24.0 Å². The van der Waals surface area contributed by atoms with Crippen molar-refractivity contribution in [3.8, 4) is 5.75 Å². The summed E-state index contributed by atoms with van der Waals surface area (Å²) in [7, 11) is 1.33. The van der Waals surface area contributed by atoms with Crippen molar-refractivity contribution >= 4 is 11.8 Å². The molecule has 1 heterocycles. The summed E-state index contributed by atoms with van der Waals surface area (Å²) < 4.78 is 9.91. The number of benzene rings is 1. The van der Waals surface area contributed by atoms with Crippen LogP contribution in [0.3, 0.4) is 0 Å². The summed E-state index contributed by atoms with van der Waals surface area (Å²) in [6, 6.07) is 5.82. The molecule has 2 rings (SSSR count). The van der Waals surface area contributed by atoms with Crippen molar-refractivity contribution in [2.24, 2.45) is 0 Å². The number of carbonyl (C=O) groups is 2. The van der Waals surface area contributed by atoms with Crippen LogP contribution in [0.15, 0.2) is 18.2 Å². The van der Waals surface area contributed by atoms with E-state index in [1.807, 2.05) is 18.2 Å². The summed E-state index contributed by atoms with van der Waals surface area (Å²) in [4.78, 5) is 22.6. The maximum absolute atomic E-state index is 11.7. The van der Waals surface area contributed by atoms with E-state index in [1.165, 1.54) is 7.11 Å². The van der Waals surface area contributed by atoms with E-state index < -0.39 is 0 Å². The molecule has 1 aliphatic rings. The largest absolute Gasteiger partial charge is 0.493 e. The van der Waals surface area contributed by atoms with E-state index in [0.29, 0.717) is 6.42 Å². The van der Waals surface area contributed by atoms with Crippen LogP contribution in [-0.4, -0.2) is 25.5 Å². The number of hydrogen-bond acceptors (Lipinski definition) is 4. The van der Waals surface area contributed by atoms with Crippen molar-refractivity contribution in [3.05, 3.63) is 29.3 Å². The Bertz CT molecular complexity index is 465. The summed E-state index contributed by atoms with van der Waals surface area (Å²) in [5.41, 5.74) is 2.14. The van der Waals surface area contributed by atoms with Gasteiger partial charge in [0.05, 0.1) is 20.1 Å². The van der Waals surface area contributed by atoms with Crippen molar-refractivity contribution in [2.75, 3.05) is 13.7 Å². The number of ketones is 1. The molecule has 4 nitrogen and oxygen atoms in total. The maximum Gasteiger partial charge on any atom is 0.305 e. The van der Waals surface area contributed by atoms with Gasteiger partial charge in [-0.25, -0.2) is 0 Å². The number of carbonyl (C=O) groups excluding carboxylic acids is 2. The summed E-state index contributed by atoms with van der Waals surface area (Å²) >= 11 is 0. The predicted octanol–water partition coefficient (Wildman–Crippen LogP) is 1.69. The molecule has 0 aliphatic carbocycles. The molecule has 0 atom stereocenters. The Labute approximate surface area is 106 Å². The second kappa shape index (κ2) is 5.67. The smallest absolute Gasteiger partial charge is 0.305 e. The Morgan fingerprint density at radius 1 is 1.33 bits per heavy atom. The summed E-state index contributed by atoms with van der Waals surface area (Å²) in [5.74, 6) is 0.630. The van der Waals surface area contributed by atoms with Gasteiger partial charge in [0.2, 0.25) is 0 Å². The molecular formula is C14H16O4. The zero-order valence-electron chi connectivity index (χ0n) is 10.4. The highest BCUT2D eigenvalue weighted by Gasteiger charge is 2.13. The van der Waals surface area contributed by atoms with E-state index in [-0.39, 0.29) is 24.6 Å². The van der Waals surface area contributed by atoms with Crippen LogP contribution >= 0.6 is 0 Å². The standard InChI is InChI=1S/C14H16O4/c1-17-14(16)5-3-12(15)9-10-2-4-13-11(8-10)6-7-18-13/h2,4,8H,3,5-7,9H2,1H3. The highest BCUT2D eigenvalue weighted by Crippen LogP contribution is 2.26. The SMILES string of the molecule is COC(=O)CCC(=O)Cc1ccc2c(c1)CCO2. The molecule has 1 aromatic rings. The third kappa shape index (κ3) is 3.09. The van der Waals surface area contributed by atoms with Gasteiger partial charge in [0.15, 0.2) is 0 Å². The number of methoxy groups -OCH3 is 1. The average Bonchev–Trinajstić information content (AvgIpc) is 2.83. The van der Waals surface area contributed by atoms with Gasteiger partial charge in [-0.1, -0.05) is 12.1 Å². The van der Waals surface area contributed by atoms with Crippen molar-refractivity contribution in [1.82, 2.24) is 0 Å². The second-order valence-electron chi connectivity index (χ2n) is 4.33. The molecule has 96 valence electrons. The van der Waals surface area contributed by atoms with Gasteiger partial charge in [0, 0.05) is 19.3 Å². The molecule has 4 heteroatoms. The van der Waals surface area contributed by atoms with Crippen molar-refractivity contribution in [1.29, 1.82) is 0 Å². The number of esters is 1. The van der Waals surface area contributed by atoms with Crippen LogP contribution in [0.5, 0.6) is 5.75 Å². The van der Waals surface area contributed by atoms with Crippen molar-refractivity contribution < 1.29 is 19.1 Å². The van der Waals surface area contributed by atoms with Gasteiger partial charge in [-0.05, 0) is 17.2 Å². The molecule has 0 spiro atoms. The first-order chi connectivity index (χ1) is 8.69. The van der Waals surface area contributed by atoms with Gasteiger partial charge in [-0.3, -0.25) is 9.59 Å². The summed E-state index contributed by atoms with van der Waals surface area (Å²) in [6.45, 7) is 0.717. The van der Waals surface area contributed by atoms with Crippen LogP contribution in [-0.2, 0) is 27.2 Å². The number of ether oxygens (including phenoxy) is 2. The van der Waals surface area contributed by atoms with Crippen LogP contribution in [0.2, 0.25) is 0 Å². The zero-order chi connectivity index (χ0) is 13.0. The lowest BCUT2D eigenvalue weighted by atomic mass is 10.0. The fraction of sp³-hybridized carbons (Fsp3) is 0.429. The van der Waals surface area contributed by atoms with Gasteiger partial charge in [0.1, 0.15) is 11.5 Å². The third-order valence-electron chi connectivity index (χ3n) is 2.99. The second-order valence-corrected chi connectivity index (χ2v) is 4.33. The Hall–Kier alpha value is -1.84. The van der Waals surface area contributed by atoms with E-state index in [0.717, 1.165) is 29.9 Å². The van der Waals surface area contributed by atoms with E-state index in [2.05, 4.69) is 4.74 Å². The van der Waals surface area contributed by atoms with E-state index >= 15 is 0 Å². The quantitative estimate of drug-likeness (QED) is 0.744. The monoisotopic (exact) mass is 248 g/mol. The number of rotatable bonds is 5. The lowest BCUT2D eigenvalue weighted by Gasteiger charge is -2.03. The Balaban J connectivity index is 1.89. The first-order valence-corrected chi connectivity index (χ1v) is 6.02. The summed E-state index contributed by atoms with van der Waals surface area (Å²) in [6.07, 6.45) is 1.66. The molecular weight excluding hydrogens is 232 g/mol. The van der Waals surface area contributed by atoms with Crippen LogP contribution < -0.4 is 4.74 Å². The summed E-state index contributed by atoms with van der Waals surface area (Å²) in [5, 5.41) is 0. The molecule has 0 saturated carbocycles. The maximum atomic E-state index is 11.7. The molecule has 1 aromatic carbocycles. The number of hydrogen-bond donors (Lipinski definition) is 0. The van der Waals surface area contributed by atoms with Gasteiger partial charge < -0.3 is 9.47 Å². The molecule has 18 heavy (non-hydrogen) atoms. The molecule has 1 aliphatic heterocycles. The van der Waals surface area contributed by atoms with Gasteiger partial charge in [-0.15, -0.1) is 0 Å². The van der Waals surface area contributed by atoms with Crippen LogP contribution in [0.4, 0.5) is 0 Å². The zero-order valence-corrected chi connectivity index (χ0v) is 10.4. The lowest BCUT2D eigenvalue weighted by Crippen LogP contribution is -2.08. The molecule has 0 unspecified atom stereocenters. The fourth-order valence-electron chi connectivity index (χ4n) is 2.01. The highest BCUT2D eigenvalue weighted by atomic mass is 16.5. The highest BCUT2D eigenvalue weighted by molar-refractivity contribution is 5.84. The molecule has 0 aromatic heterocycles. The predicted molar refractivity (Wildman–Crippen MR) is 65.6 cm³/mol. The number of Topliss-reactive ketones (excluding diaryl/α,β-unsaturated/α-hetero) is 1. The van der Waals surface area contributed by atoms with E-state index in [1.54, 1.807) is 0 Å². The molecule has 0 amide bonds. The van der Waals surface area contributed by atoms with Gasteiger partial charge >= 0.3 is 5.97 Å². The molecule has 0 saturated heterocycles. The van der Waals surface area contributed by atoms with E-state index in [4.69, 9.17) is 4.74 Å². The Morgan fingerprint density at radius 3 is 2.94 bits per heavy atom. The van der Waals surface area contributed by atoms with Crippen molar-refractivity contribution in [2.45, 2.75) is 25.7 Å². The van der Waals surface area contributed by atoms with E-state index in [9.17, 15) is 9.59 Å². The topological polar surface area (TPSA) is 52.6 Å². The normalized spacial score (nSPS) is 12.7. The van der Waals surface area contributed by atoms with Crippen LogP contribution in [0, 0.1) is 0 Å². The average molecular weight is 248 g/mol. The minimum absolute atomic E-state index is 0.0549. The lowest BCUT2D eigenvalue weighted by molar-refractivity contribution is -0.141. The number of fused-ring (bicyclic) bond motifs is 1. The molecule has 0 bridgehead atoms. The Morgan fingerprint density at radius 2 is 2.17 bits per heavy atom. The minimum atomic E-state index is -0.342. The first-order valence-electron chi connectivity index (χ1n) is 6.02. The van der Waals surface area contributed by atoms with Gasteiger partial charge in [0.25, 0.3) is 0 Å².